The number of unbranched alkanes of at least 4 members (excludes halogenated alkanes) is 52. The summed E-state index contributed by atoms with van der Waals surface area (Å²) in [5, 5.41) is 44.2. The fraction of sp³-hybridized carbons (Fsp3) is 0.929. The molecule has 452 valence electrons. The average molecular weight is 1070 g/mol. The zero-order valence-corrected chi connectivity index (χ0v) is 51.5. The van der Waals surface area contributed by atoms with E-state index in [-0.39, 0.29) is 0 Å². The maximum atomic E-state index is 12.7. The normalized spacial score (nSPS) is 13.6. The van der Waals surface area contributed by atoms with Crippen molar-refractivity contribution in [1.82, 2.24) is 5.32 Å². The van der Waals surface area contributed by atoms with Gasteiger partial charge in [0, 0.05) is 0 Å². The van der Waals surface area contributed by atoms with Crippen molar-refractivity contribution in [2.75, 3.05) is 6.61 Å². The van der Waals surface area contributed by atoms with Gasteiger partial charge in [0.25, 0.3) is 0 Å². The lowest BCUT2D eigenvalue weighted by Gasteiger charge is -2.27. The van der Waals surface area contributed by atoms with Crippen molar-refractivity contribution in [3.8, 4) is 0 Å². The highest BCUT2D eigenvalue weighted by molar-refractivity contribution is 5.80. The van der Waals surface area contributed by atoms with Crippen LogP contribution in [0.15, 0.2) is 24.3 Å². The minimum atomic E-state index is -1.26. The lowest BCUT2D eigenvalue weighted by Crippen LogP contribution is -2.53. The van der Waals surface area contributed by atoms with Crippen LogP contribution in [0.4, 0.5) is 0 Å². The monoisotopic (exact) mass is 1070 g/mol. The highest BCUT2D eigenvalue weighted by Gasteiger charge is 2.28. The predicted molar refractivity (Wildman–Crippen MR) is 334 cm³/mol. The van der Waals surface area contributed by atoms with Gasteiger partial charge in [0.1, 0.15) is 12.2 Å². The van der Waals surface area contributed by atoms with E-state index in [2.05, 4.69) is 43.5 Å². The Morgan fingerprint density at radius 2 is 0.566 bits per heavy atom. The number of amides is 1. The molecule has 4 atom stereocenters. The quantitative estimate of drug-likeness (QED) is 0.0308. The van der Waals surface area contributed by atoms with Crippen LogP contribution in [0.5, 0.6) is 0 Å². The highest BCUT2D eigenvalue weighted by Crippen LogP contribution is 2.20. The van der Waals surface area contributed by atoms with Gasteiger partial charge in [-0.15, -0.1) is 0 Å². The first-order valence-corrected chi connectivity index (χ1v) is 34.7. The largest absolute Gasteiger partial charge is 0.394 e. The van der Waals surface area contributed by atoms with E-state index >= 15 is 0 Å². The van der Waals surface area contributed by atoms with Crippen molar-refractivity contribution in [2.45, 2.75) is 411 Å². The number of hydrogen-bond acceptors (Lipinski definition) is 5. The molecule has 0 saturated heterocycles. The molecule has 0 aliphatic carbocycles. The van der Waals surface area contributed by atoms with Crippen LogP contribution >= 0.6 is 0 Å². The Morgan fingerprint density at radius 3 is 0.829 bits per heavy atom. The maximum absolute atomic E-state index is 12.7. The third-order valence-electron chi connectivity index (χ3n) is 16.7. The van der Waals surface area contributed by atoms with Gasteiger partial charge in [-0.25, -0.2) is 0 Å². The molecule has 0 aliphatic rings. The van der Waals surface area contributed by atoms with E-state index in [0.29, 0.717) is 12.8 Å². The van der Waals surface area contributed by atoms with Crippen molar-refractivity contribution in [3.63, 3.8) is 0 Å². The van der Waals surface area contributed by atoms with E-state index in [1.165, 1.54) is 315 Å². The second-order valence-corrected chi connectivity index (χ2v) is 24.2. The first-order chi connectivity index (χ1) is 37.5. The van der Waals surface area contributed by atoms with Crippen LogP contribution in [0.2, 0.25) is 0 Å². The van der Waals surface area contributed by atoms with E-state index in [0.717, 1.165) is 44.9 Å². The molecule has 0 bridgehead atoms. The Balaban J connectivity index is 3.54. The summed E-state index contributed by atoms with van der Waals surface area (Å²) in [4.78, 5) is 12.7. The van der Waals surface area contributed by atoms with Gasteiger partial charge in [0.05, 0.1) is 18.8 Å². The Morgan fingerprint density at radius 1 is 0.329 bits per heavy atom. The molecule has 0 aromatic carbocycles. The molecule has 0 radical (unpaired) electrons. The molecule has 0 spiro atoms. The number of nitrogens with one attached hydrogen (secondary N) is 1. The summed E-state index contributed by atoms with van der Waals surface area (Å²) in [6.07, 6.45) is 81.5. The molecule has 0 heterocycles. The number of carbonyl (C=O) groups excluding carboxylic acids is 1. The smallest absolute Gasteiger partial charge is 0.249 e. The van der Waals surface area contributed by atoms with Gasteiger partial charge in [-0.05, 0) is 44.9 Å². The van der Waals surface area contributed by atoms with Crippen molar-refractivity contribution < 1.29 is 25.2 Å². The molecular weight excluding hydrogens is 935 g/mol. The summed E-state index contributed by atoms with van der Waals surface area (Å²) in [6.45, 7) is 4.11. The maximum Gasteiger partial charge on any atom is 0.249 e. The molecule has 6 nitrogen and oxygen atoms in total. The van der Waals surface area contributed by atoms with Gasteiger partial charge in [0.2, 0.25) is 5.91 Å². The summed E-state index contributed by atoms with van der Waals surface area (Å²) < 4.78 is 0. The number of allylic oxidation sites excluding steroid dienone is 4. The second kappa shape index (κ2) is 64.6. The molecule has 0 aromatic rings. The molecule has 4 unspecified atom stereocenters. The van der Waals surface area contributed by atoms with Crippen molar-refractivity contribution in [2.24, 2.45) is 0 Å². The number of carbonyl (C=O) groups is 1. The molecule has 0 aliphatic heterocycles. The van der Waals surface area contributed by atoms with Crippen molar-refractivity contribution in [1.29, 1.82) is 0 Å². The SMILES string of the molecule is CCCCCCCCCCCCC/C=C\C/C=C\CCCCCCCCCCCCCCCCCCC(O)C(=O)NC(CO)C(O)C(O)CCCCCCCCCCCCCCCCCCCCCCCCCCCC. The van der Waals surface area contributed by atoms with Gasteiger partial charge < -0.3 is 25.7 Å². The van der Waals surface area contributed by atoms with Crippen molar-refractivity contribution >= 4 is 5.91 Å². The lowest BCUT2D eigenvalue weighted by molar-refractivity contribution is -0.132. The Kier molecular flexibility index (Phi) is 63.6. The third kappa shape index (κ3) is 57.5. The van der Waals surface area contributed by atoms with Crippen LogP contribution < -0.4 is 5.32 Å². The fourth-order valence-electron chi connectivity index (χ4n) is 11.3. The number of hydrogen-bond donors (Lipinski definition) is 5. The predicted octanol–water partition coefficient (Wildman–Crippen LogP) is 21.3. The molecule has 5 N–H and O–H groups in total. The summed E-state index contributed by atoms with van der Waals surface area (Å²) in [6, 6.07) is -0.985. The first kappa shape index (κ1) is 74.8. The number of aliphatic hydroxyl groups is 4. The molecule has 1 amide bonds. The zero-order valence-electron chi connectivity index (χ0n) is 51.5. The summed E-state index contributed by atoms with van der Waals surface area (Å²) >= 11 is 0. The van der Waals surface area contributed by atoms with E-state index < -0.39 is 36.9 Å². The fourth-order valence-corrected chi connectivity index (χ4v) is 11.3. The van der Waals surface area contributed by atoms with Crippen LogP contribution in [-0.2, 0) is 4.79 Å². The topological polar surface area (TPSA) is 110 Å². The Hall–Kier alpha value is -1.21. The summed E-state index contributed by atoms with van der Waals surface area (Å²) in [5.74, 6) is -0.576. The molecule has 0 rings (SSSR count). The Labute approximate surface area is 475 Å². The average Bonchev–Trinajstić information content (AvgIpc) is 3.42. The van der Waals surface area contributed by atoms with Crippen LogP contribution in [0.1, 0.15) is 386 Å². The minimum absolute atomic E-state index is 0.372. The molecule has 0 saturated carbocycles. The zero-order chi connectivity index (χ0) is 55.1. The van der Waals surface area contributed by atoms with E-state index in [4.69, 9.17) is 0 Å². The van der Waals surface area contributed by atoms with Gasteiger partial charge >= 0.3 is 0 Å². The molecule has 0 fully saturated rings. The summed E-state index contributed by atoms with van der Waals surface area (Å²) in [7, 11) is 0. The molecular formula is C70H137NO5. The van der Waals surface area contributed by atoms with Gasteiger partial charge in [-0.3, -0.25) is 4.79 Å². The van der Waals surface area contributed by atoms with Crippen molar-refractivity contribution in [3.05, 3.63) is 24.3 Å². The van der Waals surface area contributed by atoms with Gasteiger partial charge in [-0.1, -0.05) is 366 Å². The van der Waals surface area contributed by atoms with Gasteiger partial charge in [-0.2, -0.15) is 0 Å². The first-order valence-electron chi connectivity index (χ1n) is 34.7. The third-order valence-corrected chi connectivity index (χ3v) is 16.7. The second-order valence-electron chi connectivity index (χ2n) is 24.2. The molecule has 6 heteroatoms. The standard InChI is InChI=1S/C70H137NO5/c1-3-5-7-9-11-13-15-17-19-21-23-25-27-29-31-32-33-34-35-36-37-38-40-42-44-46-48-50-52-54-56-58-60-62-64-68(74)70(76)71-66(65-72)69(75)67(73)63-61-59-57-55-53-51-49-47-45-43-41-39-30-28-26-24-22-20-18-16-14-12-10-8-6-4-2/h27,29,32-33,66-69,72-75H,3-26,28,30-31,34-65H2,1-2H3,(H,71,76)/b29-27-,33-32-. The summed E-state index contributed by atoms with van der Waals surface area (Å²) in [5.41, 5.74) is 0. The van der Waals surface area contributed by atoms with E-state index in [1.807, 2.05) is 0 Å². The number of rotatable bonds is 65. The van der Waals surface area contributed by atoms with Crippen LogP contribution in [-0.4, -0.2) is 57.3 Å². The van der Waals surface area contributed by atoms with E-state index in [9.17, 15) is 25.2 Å². The molecule has 0 aromatic heterocycles. The molecule has 76 heavy (non-hydrogen) atoms. The lowest BCUT2D eigenvalue weighted by atomic mass is 9.99. The van der Waals surface area contributed by atoms with Crippen LogP contribution in [0, 0.1) is 0 Å². The minimum Gasteiger partial charge on any atom is -0.394 e. The highest BCUT2D eigenvalue weighted by atomic mass is 16.3. The number of aliphatic hydroxyl groups excluding tert-OH is 4. The van der Waals surface area contributed by atoms with Crippen LogP contribution in [0.25, 0.3) is 0 Å². The Bertz CT molecular complexity index is 1160. The van der Waals surface area contributed by atoms with E-state index in [1.54, 1.807) is 0 Å². The van der Waals surface area contributed by atoms with Gasteiger partial charge in [0.15, 0.2) is 0 Å². The van der Waals surface area contributed by atoms with Crippen LogP contribution in [0.3, 0.4) is 0 Å².